The first-order chi connectivity index (χ1) is 8.06. The summed E-state index contributed by atoms with van der Waals surface area (Å²) < 4.78 is 6.15. The number of halogens is 1. The molecule has 2 rings (SSSR count). The summed E-state index contributed by atoms with van der Waals surface area (Å²) in [6, 6.07) is 5.71. The molecule has 1 atom stereocenters. The van der Waals surface area contributed by atoms with Crippen LogP contribution >= 0.6 is 27.7 Å². The molecule has 6 heteroatoms. The van der Waals surface area contributed by atoms with E-state index >= 15 is 0 Å². The summed E-state index contributed by atoms with van der Waals surface area (Å²) in [5.41, 5.74) is 0.857. The topological polar surface area (TPSA) is 59.2 Å². The van der Waals surface area contributed by atoms with Crippen molar-refractivity contribution in [3.63, 3.8) is 0 Å². The first-order valence-corrected chi connectivity index (χ1v) is 6.62. The maximum Gasteiger partial charge on any atom is 0.281 e. The van der Waals surface area contributed by atoms with E-state index in [4.69, 9.17) is 4.42 Å². The lowest BCUT2D eigenvalue weighted by Crippen LogP contribution is -1.92. The minimum absolute atomic E-state index is 0.492. The molecular formula is C11H11BrN2O2S. The van der Waals surface area contributed by atoms with Crippen LogP contribution in [0.25, 0.3) is 0 Å². The fourth-order valence-corrected chi connectivity index (χ4v) is 2.95. The van der Waals surface area contributed by atoms with Gasteiger partial charge in [0.1, 0.15) is 0 Å². The van der Waals surface area contributed by atoms with Crippen molar-refractivity contribution in [3.05, 3.63) is 34.1 Å². The van der Waals surface area contributed by atoms with E-state index in [1.54, 1.807) is 13.8 Å². The maximum atomic E-state index is 9.51. The Labute approximate surface area is 112 Å². The van der Waals surface area contributed by atoms with E-state index in [1.807, 2.05) is 18.2 Å². The molecular weight excluding hydrogens is 304 g/mol. The summed E-state index contributed by atoms with van der Waals surface area (Å²) >= 11 is 4.82. The summed E-state index contributed by atoms with van der Waals surface area (Å²) in [5, 5.41) is 17.7. The lowest BCUT2D eigenvalue weighted by Gasteiger charge is -2.08. The van der Waals surface area contributed by atoms with Crippen LogP contribution in [0.15, 0.2) is 37.2 Å². The van der Waals surface area contributed by atoms with Gasteiger partial charge in [0.05, 0.1) is 6.10 Å². The Morgan fingerprint density at radius 3 is 2.71 bits per heavy atom. The highest BCUT2D eigenvalue weighted by atomic mass is 79.9. The molecule has 17 heavy (non-hydrogen) atoms. The molecule has 0 aliphatic rings. The average Bonchev–Trinajstić information content (AvgIpc) is 2.63. The molecule has 0 spiro atoms. The van der Waals surface area contributed by atoms with Crippen molar-refractivity contribution in [2.75, 3.05) is 0 Å². The number of benzene rings is 1. The SMILES string of the molecule is Cc1nnc(Sc2ccc([C@@H](C)O)c(Br)c2)o1. The third kappa shape index (κ3) is 3.08. The standard InChI is InChI=1S/C11H11BrN2O2S/c1-6(15)9-4-3-8(5-10(9)12)17-11-14-13-7(2)16-11/h3-6,15H,1-2H3/t6-/m1/s1. The molecule has 2 aromatic rings. The Balaban J connectivity index is 2.20. The van der Waals surface area contributed by atoms with Crippen molar-refractivity contribution in [1.29, 1.82) is 0 Å². The number of hydrogen-bond donors (Lipinski definition) is 1. The highest BCUT2D eigenvalue weighted by molar-refractivity contribution is 9.10. The first kappa shape index (κ1) is 12.6. The highest BCUT2D eigenvalue weighted by Gasteiger charge is 2.09. The Kier molecular flexibility index (Phi) is 3.86. The van der Waals surface area contributed by atoms with Crippen LogP contribution in [0.5, 0.6) is 0 Å². The number of aliphatic hydroxyl groups is 1. The van der Waals surface area contributed by atoms with E-state index in [1.165, 1.54) is 11.8 Å². The van der Waals surface area contributed by atoms with Crippen LogP contribution in [-0.4, -0.2) is 15.3 Å². The van der Waals surface area contributed by atoms with Crippen LogP contribution in [0.4, 0.5) is 0 Å². The van der Waals surface area contributed by atoms with Crippen molar-refractivity contribution in [2.45, 2.75) is 30.1 Å². The Hall–Kier alpha value is -0.850. The number of hydrogen-bond acceptors (Lipinski definition) is 5. The highest BCUT2D eigenvalue weighted by Crippen LogP contribution is 2.32. The third-order valence-electron chi connectivity index (χ3n) is 2.13. The fraction of sp³-hybridized carbons (Fsp3) is 0.273. The van der Waals surface area contributed by atoms with Crippen molar-refractivity contribution < 1.29 is 9.52 Å². The van der Waals surface area contributed by atoms with E-state index in [0.29, 0.717) is 11.1 Å². The van der Waals surface area contributed by atoms with Crippen LogP contribution in [0, 0.1) is 6.92 Å². The molecule has 0 unspecified atom stereocenters. The van der Waals surface area contributed by atoms with E-state index in [2.05, 4.69) is 26.1 Å². The summed E-state index contributed by atoms with van der Waals surface area (Å²) in [5.74, 6) is 0.548. The van der Waals surface area contributed by atoms with Gasteiger partial charge in [-0.15, -0.1) is 10.2 Å². The van der Waals surface area contributed by atoms with Gasteiger partial charge in [0.15, 0.2) is 0 Å². The summed E-state index contributed by atoms with van der Waals surface area (Å²) in [6.07, 6.45) is -0.492. The molecule has 1 heterocycles. The normalized spacial score (nSPS) is 12.7. The van der Waals surface area contributed by atoms with E-state index in [0.717, 1.165) is 14.9 Å². The first-order valence-electron chi connectivity index (χ1n) is 5.01. The summed E-state index contributed by atoms with van der Waals surface area (Å²) in [6.45, 7) is 3.48. The summed E-state index contributed by atoms with van der Waals surface area (Å²) in [4.78, 5) is 0.977. The molecule has 0 saturated carbocycles. The molecule has 0 radical (unpaired) electrons. The van der Waals surface area contributed by atoms with Crippen LogP contribution in [0.2, 0.25) is 0 Å². The zero-order valence-electron chi connectivity index (χ0n) is 9.35. The lowest BCUT2D eigenvalue weighted by molar-refractivity contribution is 0.198. The van der Waals surface area contributed by atoms with E-state index in [-0.39, 0.29) is 0 Å². The van der Waals surface area contributed by atoms with Gasteiger partial charge in [0.25, 0.3) is 5.22 Å². The molecule has 1 aromatic heterocycles. The molecule has 1 N–H and O–H groups in total. The predicted molar refractivity (Wildman–Crippen MR) is 67.9 cm³/mol. The fourth-order valence-electron chi connectivity index (χ4n) is 1.33. The second-order valence-electron chi connectivity index (χ2n) is 3.55. The quantitative estimate of drug-likeness (QED) is 0.941. The van der Waals surface area contributed by atoms with Crippen molar-refractivity contribution in [1.82, 2.24) is 10.2 Å². The minimum Gasteiger partial charge on any atom is -0.416 e. The maximum absolute atomic E-state index is 9.51. The van der Waals surface area contributed by atoms with Crippen molar-refractivity contribution in [3.8, 4) is 0 Å². The molecule has 0 saturated heterocycles. The largest absolute Gasteiger partial charge is 0.416 e. The molecule has 4 nitrogen and oxygen atoms in total. The number of aliphatic hydroxyl groups excluding tert-OH is 1. The van der Waals surface area contributed by atoms with Crippen molar-refractivity contribution in [2.24, 2.45) is 0 Å². The number of nitrogens with zero attached hydrogens (tertiary/aromatic N) is 2. The molecule has 0 aliphatic heterocycles. The van der Waals surface area contributed by atoms with Crippen LogP contribution in [0.3, 0.4) is 0 Å². The van der Waals surface area contributed by atoms with Crippen LogP contribution < -0.4 is 0 Å². The number of aromatic nitrogens is 2. The monoisotopic (exact) mass is 314 g/mol. The zero-order chi connectivity index (χ0) is 12.4. The predicted octanol–water partition coefficient (Wildman–Crippen LogP) is 3.35. The Bertz CT molecular complexity index is 528. The van der Waals surface area contributed by atoms with Gasteiger partial charge in [-0.25, -0.2) is 0 Å². The molecule has 0 aliphatic carbocycles. The number of rotatable bonds is 3. The average molecular weight is 315 g/mol. The molecule has 0 amide bonds. The van der Waals surface area contributed by atoms with Gasteiger partial charge in [-0.3, -0.25) is 0 Å². The van der Waals surface area contributed by atoms with Gasteiger partial charge in [-0.2, -0.15) is 0 Å². The minimum atomic E-state index is -0.492. The van der Waals surface area contributed by atoms with Crippen LogP contribution in [-0.2, 0) is 0 Å². The molecule has 90 valence electrons. The van der Waals surface area contributed by atoms with Gasteiger partial charge in [-0.1, -0.05) is 22.0 Å². The Morgan fingerprint density at radius 2 is 2.18 bits per heavy atom. The van der Waals surface area contributed by atoms with Gasteiger partial charge in [0.2, 0.25) is 5.89 Å². The van der Waals surface area contributed by atoms with Gasteiger partial charge in [0, 0.05) is 16.3 Å². The Morgan fingerprint density at radius 1 is 1.41 bits per heavy atom. The van der Waals surface area contributed by atoms with Crippen LogP contribution in [0.1, 0.15) is 24.5 Å². The smallest absolute Gasteiger partial charge is 0.281 e. The summed E-state index contributed by atoms with van der Waals surface area (Å²) in [7, 11) is 0. The van der Waals surface area contributed by atoms with E-state index in [9.17, 15) is 5.11 Å². The third-order valence-corrected chi connectivity index (χ3v) is 3.65. The van der Waals surface area contributed by atoms with Gasteiger partial charge >= 0.3 is 0 Å². The van der Waals surface area contributed by atoms with Crippen molar-refractivity contribution >= 4 is 27.7 Å². The second-order valence-corrected chi connectivity index (χ2v) is 5.43. The van der Waals surface area contributed by atoms with E-state index < -0.39 is 6.10 Å². The van der Waals surface area contributed by atoms with Gasteiger partial charge in [-0.05, 0) is 36.4 Å². The molecule has 0 bridgehead atoms. The number of aryl methyl sites for hydroxylation is 1. The van der Waals surface area contributed by atoms with Gasteiger partial charge < -0.3 is 9.52 Å². The molecule has 0 fully saturated rings. The zero-order valence-corrected chi connectivity index (χ0v) is 11.7. The second kappa shape index (κ2) is 5.20. The molecule has 1 aromatic carbocycles. The lowest BCUT2D eigenvalue weighted by atomic mass is 10.1.